The molecule has 1 heterocycles. The summed E-state index contributed by atoms with van der Waals surface area (Å²) in [5.41, 5.74) is 6.90. The Morgan fingerprint density at radius 3 is 2.47 bits per heavy atom. The molecule has 0 aromatic carbocycles. The topological polar surface area (TPSA) is 88.9 Å². The van der Waals surface area contributed by atoms with Crippen LogP contribution in [0.25, 0.3) is 0 Å². The maximum absolute atomic E-state index is 12.5. The van der Waals surface area contributed by atoms with Crippen molar-refractivity contribution < 1.29 is 4.79 Å². The summed E-state index contributed by atoms with van der Waals surface area (Å²) in [6.07, 6.45) is 5.07. The molecule has 0 bridgehead atoms. The lowest BCUT2D eigenvalue weighted by Crippen LogP contribution is -2.32. The number of pyridine rings is 1. The van der Waals surface area contributed by atoms with Crippen LogP contribution in [0.1, 0.15) is 60.1 Å². The Morgan fingerprint density at radius 2 is 2.00 bits per heavy atom. The van der Waals surface area contributed by atoms with Crippen molar-refractivity contribution in [2.75, 3.05) is 5.73 Å². The van der Waals surface area contributed by atoms with Crippen LogP contribution >= 0.6 is 0 Å². The third-order valence-electron chi connectivity index (χ3n) is 3.93. The fraction of sp³-hybridized carbons (Fsp3) is 0.500. The van der Waals surface area contributed by atoms with Gasteiger partial charge in [0.1, 0.15) is 5.82 Å². The van der Waals surface area contributed by atoms with Gasteiger partial charge in [-0.05, 0) is 32.3 Å². The number of aromatic nitrogens is 1. The third kappa shape index (κ3) is 2.09. The maximum Gasteiger partial charge on any atom is 0.263 e. The van der Waals surface area contributed by atoms with E-state index >= 15 is 0 Å². The second kappa shape index (κ2) is 4.99. The zero-order valence-corrected chi connectivity index (χ0v) is 11.3. The minimum atomic E-state index is -0.306. The summed E-state index contributed by atoms with van der Waals surface area (Å²) in [5, 5.41) is 7.47. The molecule has 1 aliphatic carbocycles. The molecular formula is C14H19N3O2. The Bertz CT molecular complexity index is 596. The van der Waals surface area contributed by atoms with Gasteiger partial charge < -0.3 is 11.1 Å². The Hall–Kier alpha value is -1.91. The smallest absolute Gasteiger partial charge is 0.263 e. The molecule has 0 aliphatic heterocycles. The Kier molecular flexibility index (Phi) is 3.55. The van der Waals surface area contributed by atoms with Gasteiger partial charge in [-0.3, -0.25) is 14.2 Å². The summed E-state index contributed by atoms with van der Waals surface area (Å²) in [6, 6.07) is 0.0601. The third-order valence-corrected chi connectivity index (χ3v) is 3.93. The van der Waals surface area contributed by atoms with E-state index in [1.165, 1.54) is 11.5 Å². The van der Waals surface area contributed by atoms with E-state index in [0.29, 0.717) is 16.9 Å². The highest BCUT2D eigenvalue weighted by molar-refractivity contribution is 5.99. The van der Waals surface area contributed by atoms with Crippen LogP contribution in [0.2, 0.25) is 0 Å². The van der Waals surface area contributed by atoms with Gasteiger partial charge in [0.25, 0.3) is 5.56 Å². The standard InChI is InChI=1S/C14H19N3O2/c1-8-11(7-15)13(16)17(10-5-3-4-6-10)14(19)12(8)9(2)18/h7,10,15H,3-6,16H2,1-2H3. The van der Waals surface area contributed by atoms with Gasteiger partial charge in [0.15, 0.2) is 5.78 Å². The highest BCUT2D eigenvalue weighted by Gasteiger charge is 2.25. The quantitative estimate of drug-likeness (QED) is 0.644. The van der Waals surface area contributed by atoms with Crippen LogP contribution in [0, 0.1) is 12.3 Å². The van der Waals surface area contributed by atoms with Crippen LogP contribution in [-0.4, -0.2) is 16.6 Å². The van der Waals surface area contributed by atoms with E-state index in [1.54, 1.807) is 6.92 Å². The number of anilines is 1. The van der Waals surface area contributed by atoms with E-state index in [0.717, 1.165) is 31.9 Å². The summed E-state index contributed by atoms with van der Waals surface area (Å²) in [6.45, 7) is 3.06. The van der Waals surface area contributed by atoms with Crippen LogP contribution in [0.15, 0.2) is 4.79 Å². The molecule has 5 nitrogen and oxygen atoms in total. The first kappa shape index (κ1) is 13.5. The summed E-state index contributed by atoms with van der Waals surface area (Å²) in [5.74, 6) is 0.0479. The van der Waals surface area contributed by atoms with E-state index in [9.17, 15) is 9.59 Å². The average Bonchev–Trinajstić information content (AvgIpc) is 2.82. The number of nitrogens with two attached hydrogens (primary N) is 1. The number of nitrogens with one attached hydrogen (secondary N) is 1. The minimum absolute atomic E-state index is 0.0601. The van der Waals surface area contributed by atoms with Crippen LogP contribution in [0.4, 0.5) is 5.82 Å². The number of nitrogens with zero attached hydrogens (tertiary/aromatic N) is 1. The second-order valence-electron chi connectivity index (χ2n) is 5.11. The Morgan fingerprint density at radius 1 is 1.42 bits per heavy atom. The molecule has 1 fully saturated rings. The van der Waals surface area contributed by atoms with E-state index in [4.69, 9.17) is 11.1 Å². The van der Waals surface area contributed by atoms with E-state index in [2.05, 4.69) is 0 Å². The molecule has 0 saturated heterocycles. The molecule has 102 valence electrons. The van der Waals surface area contributed by atoms with Crippen molar-refractivity contribution in [3.63, 3.8) is 0 Å². The van der Waals surface area contributed by atoms with Crippen LogP contribution in [-0.2, 0) is 0 Å². The molecule has 1 aromatic heterocycles. The molecule has 0 amide bonds. The van der Waals surface area contributed by atoms with E-state index in [-0.39, 0.29) is 22.9 Å². The molecule has 1 aliphatic rings. The summed E-state index contributed by atoms with van der Waals surface area (Å²) >= 11 is 0. The molecule has 0 spiro atoms. The minimum Gasteiger partial charge on any atom is -0.384 e. The number of hydrogen-bond donors (Lipinski definition) is 2. The largest absolute Gasteiger partial charge is 0.384 e. The number of rotatable bonds is 3. The predicted molar refractivity (Wildman–Crippen MR) is 75.2 cm³/mol. The molecule has 0 unspecified atom stereocenters. The number of ketones is 1. The van der Waals surface area contributed by atoms with Gasteiger partial charge in [-0.15, -0.1) is 0 Å². The van der Waals surface area contributed by atoms with Gasteiger partial charge in [0, 0.05) is 17.8 Å². The molecule has 5 heteroatoms. The predicted octanol–water partition coefficient (Wildman–Crippen LogP) is 2.05. The summed E-state index contributed by atoms with van der Waals surface area (Å²) in [7, 11) is 0. The van der Waals surface area contributed by atoms with Crippen molar-refractivity contribution in [2.24, 2.45) is 0 Å². The first-order chi connectivity index (χ1) is 8.99. The molecular weight excluding hydrogens is 242 g/mol. The Balaban J connectivity index is 2.79. The van der Waals surface area contributed by atoms with Crippen molar-refractivity contribution in [1.82, 2.24) is 4.57 Å². The molecule has 1 saturated carbocycles. The highest BCUT2D eigenvalue weighted by atomic mass is 16.1. The number of hydrogen-bond acceptors (Lipinski definition) is 4. The number of nitrogen functional groups attached to an aromatic ring is 1. The number of Topliss-reactive ketones (excluding diaryl/α,β-unsaturated/α-hetero) is 1. The van der Waals surface area contributed by atoms with Crippen molar-refractivity contribution >= 4 is 17.8 Å². The van der Waals surface area contributed by atoms with Gasteiger partial charge in [-0.1, -0.05) is 12.8 Å². The van der Waals surface area contributed by atoms with Gasteiger partial charge >= 0.3 is 0 Å². The zero-order chi connectivity index (χ0) is 14.2. The monoisotopic (exact) mass is 261 g/mol. The molecule has 0 radical (unpaired) electrons. The van der Waals surface area contributed by atoms with Crippen molar-refractivity contribution in [2.45, 2.75) is 45.6 Å². The molecule has 2 rings (SSSR count). The van der Waals surface area contributed by atoms with Gasteiger partial charge in [0.2, 0.25) is 0 Å². The van der Waals surface area contributed by atoms with E-state index < -0.39 is 0 Å². The molecule has 3 N–H and O–H groups in total. The number of carbonyl (C=O) groups excluding carboxylic acids is 1. The zero-order valence-electron chi connectivity index (χ0n) is 11.3. The molecule has 1 aromatic rings. The van der Waals surface area contributed by atoms with Gasteiger partial charge in [-0.25, -0.2) is 0 Å². The SMILES string of the molecule is CC(=O)c1c(C)c(C=N)c(N)n(C2CCCC2)c1=O. The van der Waals surface area contributed by atoms with Gasteiger partial charge in [0.05, 0.1) is 5.56 Å². The van der Waals surface area contributed by atoms with E-state index in [1.807, 2.05) is 0 Å². The summed E-state index contributed by atoms with van der Waals surface area (Å²) < 4.78 is 1.52. The second-order valence-corrected chi connectivity index (χ2v) is 5.11. The molecule has 0 atom stereocenters. The van der Waals surface area contributed by atoms with Crippen molar-refractivity contribution in [1.29, 1.82) is 5.41 Å². The van der Waals surface area contributed by atoms with Crippen LogP contribution < -0.4 is 11.3 Å². The number of carbonyl (C=O) groups is 1. The summed E-state index contributed by atoms with van der Waals surface area (Å²) in [4.78, 5) is 24.2. The fourth-order valence-electron chi connectivity index (χ4n) is 2.97. The maximum atomic E-state index is 12.5. The molecule has 19 heavy (non-hydrogen) atoms. The van der Waals surface area contributed by atoms with Crippen LogP contribution in [0.5, 0.6) is 0 Å². The lowest BCUT2D eigenvalue weighted by molar-refractivity contribution is 0.101. The first-order valence-electron chi connectivity index (χ1n) is 6.55. The van der Waals surface area contributed by atoms with Crippen molar-refractivity contribution in [3.05, 3.63) is 27.0 Å². The van der Waals surface area contributed by atoms with Crippen LogP contribution in [0.3, 0.4) is 0 Å². The average molecular weight is 261 g/mol. The highest BCUT2D eigenvalue weighted by Crippen LogP contribution is 2.31. The Labute approximate surface area is 111 Å². The fourth-order valence-corrected chi connectivity index (χ4v) is 2.97. The van der Waals surface area contributed by atoms with Gasteiger partial charge in [-0.2, -0.15) is 0 Å². The lowest BCUT2D eigenvalue weighted by atomic mass is 10.0. The normalized spacial score (nSPS) is 15.7. The first-order valence-corrected chi connectivity index (χ1v) is 6.55. The van der Waals surface area contributed by atoms with Crippen molar-refractivity contribution in [3.8, 4) is 0 Å². The lowest BCUT2D eigenvalue weighted by Gasteiger charge is -2.21.